The number of aliphatic hydroxyl groups excluding tert-OH is 1. The number of sulfonamides is 1. The normalized spacial score (nSPS) is 22.4. The lowest BCUT2D eigenvalue weighted by molar-refractivity contribution is -0.387. The van der Waals surface area contributed by atoms with Crippen LogP contribution >= 0.6 is 0 Å². The van der Waals surface area contributed by atoms with Gasteiger partial charge in [0.1, 0.15) is 0 Å². The van der Waals surface area contributed by atoms with E-state index in [-0.39, 0.29) is 23.5 Å². The van der Waals surface area contributed by atoms with Crippen LogP contribution in [0.15, 0.2) is 23.1 Å². The summed E-state index contributed by atoms with van der Waals surface area (Å²) >= 11 is 0. The van der Waals surface area contributed by atoms with Gasteiger partial charge in [0.05, 0.1) is 11.0 Å². The van der Waals surface area contributed by atoms with Crippen molar-refractivity contribution in [2.45, 2.75) is 37.2 Å². The van der Waals surface area contributed by atoms with Crippen LogP contribution in [0.25, 0.3) is 0 Å². The topological polar surface area (TPSA) is 110 Å². The van der Waals surface area contributed by atoms with Crippen LogP contribution in [0.1, 0.15) is 24.8 Å². The van der Waals surface area contributed by atoms with Crippen molar-refractivity contribution in [2.24, 2.45) is 5.92 Å². The quantitative estimate of drug-likeness (QED) is 0.629. The Morgan fingerprint density at radius 1 is 1.43 bits per heavy atom. The monoisotopic (exact) mass is 314 g/mol. The molecule has 116 valence electrons. The maximum Gasteiger partial charge on any atom is 0.289 e. The van der Waals surface area contributed by atoms with E-state index in [4.69, 9.17) is 0 Å². The highest BCUT2D eigenvalue weighted by Gasteiger charge is 2.29. The molecule has 0 aliphatic heterocycles. The summed E-state index contributed by atoms with van der Waals surface area (Å²) < 4.78 is 27.1. The average molecular weight is 314 g/mol. The Hall–Kier alpha value is -1.51. The van der Waals surface area contributed by atoms with Crippen molar-refractivity contribution in [1.29, 1.82) is 0 Å². The molecule has 8 heteroatoms. The minimum absolute atomic E-state index is 0.0675. The van der Waals surface area contributed by atoms with Gasteiger partial charge in [-0.1, -0.05) is 12.1 Å². The van der Waals surface area contributed by atoms with Crippen LogP contribution in [0, 0.1) is 23.0 Å². The minimum Gasteiger partial charge on any atom is -0.393 e. The van der Waals surface area contributed by atoms with Gasteiger partial charge in [-0.15, -0.1) is 0 Å². The number of hydrogen-bond acceptors (Lipinski definition) is 5. The number of benzene rings is 1. The van der Waals surface area contributed by atoms with Gasteiger partial charge in [0, 0.05) is 12.6 Å². The molecule has 0 heterocycles. The zero-order valence-corrected chi connectivity index (χ0v) is 12.5. The van der Waals surface area contributed by atoms with E-state index in [0.717, 1.165) is 6.42 Å². The van der Waals surface area contributed by atoms with Crippen LogP contribution in [0.4, 0.5) is 5.69 Å². The molecule has 0 aromatic heterocycles. The summed E-state index contributed by atoms with van der Waals surface area (Å²) in [7, 11) is -3.94. The van der Waals surface area contributed by atoms with Crippen molar-refractivity contribution in [3.8, 4) is 0 Å². The molecule has 1 aliphatic carbocycles. The maximum atomic E-state index is 12.3. The molecule has 2 N–H and O–H groups in total. The van der Waals surface area contributed by atoms with Gasteiger partial charge in [0.15, 0.2) is 4.90 Å². The molecule has 1 saturated carbocycles. The highest BCUT2D eigenvalue weighted by Crippen LogP contribution is 2.28. The summed E-state index contributed by atoms with van der Waals surface area (Å²) in [5.74, 6) is 0.0675. The van der Waals surface area contributed by atoms with Gasteiger partial charge >= 0.3 is 0 Å². The van der Waals surface area contributed by atoms with E-state index in [1.54, 1.807) is 0 Å². The number of aryl methyl sites for hydroxylation is 1. The molecule has 0 amide bonds. The fraction of sp³-hybridized carbons (Fsp3) is 0.538. The molecule has 2 unspecified atom stereocenters. The van der Waals surface area contributed by atoms with Crippen molar-refractivity contribution in [2.75, 3.05) is 6.54 Å². The number of nitrogens with zero attached hydrogens (tertiary/aromatic N) is 1. The zero-order chi connectivity index (χ0) is 15.6. The molecule has 2 atom stereocenters. The van der Waals surface area contributed by atoms with Crippen LogP contribution in [-0.2, 0) is 10.0 Å². The average Bonchev–Trinajstić information content (AvgIpc) is 2.82. The van der Waals surface area contributed by atoms with Gasteiger partial charge in [-0.25, -0.2) is 13.1 Å². The van der Waals surface area contributed by atoms with Gasteiger partial charge in [-0.3, -0.25) is 10.1 Å². The molecule has 0 bridgehead atoms. The lowest BCUT2D eigenvalue weighted by atomic mass is 10.1. The summed E-state index contributed by atoms with van der Waals surface area (Å²) in [5, 5.41) is 20.4. The fourth-order valence-corrected chi connectivity index (χ4v) is 4.17. The maximum absolute atomic E-state index is 12.3. The van der Waals surface area contributed by atoms with Crippen molar-refractivity contribution in [3.05, 3.63) is 33.9 Å². The van der Waals surface area contributed by atoms with E-state index < -0.39 is 20.6 Å². The standard InChI is InChI=1S/C13H18N2O5S/c1-9-3-2-4-12(15(17)18)13(9)21(19,20)14-8-10-5-6-11(16)7-10/h2-4,10-11,14,16H,5-8H2,1H3. The van der Waals surface area contributed by atoms with Crippen LogP contribution in [-0.4, -0.2) is 31.1 Å². The van der Waals surface area contributed by atoms with E-state index in [0.29, 0.717) is 18.4 Å². The Balaban J connectivity index is 2.22. The summed E-state index contributed by atoms with van der Waals surface area (Å²) in [6.45, 7) is 1.71. The first-order chi connectivity index (χ1) is 9.81. The van der Waals surface area contributed by atoms with E-state index in [9.17, 15) is 23.6 Å². The van der Waals surface area contributed by atoms with Gasteiger partial charge < -0.3 is 5.11 Å². The fourth-order valence-electron chi connectivity index (χ4n) is 2.66. The first-order valence-electron chi connectivity index (χ1n) is 6.73. The highest BCUT2D eigenvalue weighted by atomic mass is 32.2. The van der Waals surface area contributed by atoms with Crippen LogP contribution in [0.2, 0.25) is 0 Å². The smallest absolute Gasteiger partial charge is 0.289 e. The Kier molecular flexibility index (Phi) is 4.60. The Bertz CT molecular complexity index is 644. The molecule has 1 aromatic carbocycles. The van der Waals surface area contributed by atoms with Gasteiger partial charge in [-0.2, -0.15) is 0 Å². The number of aliphatic hydroxyl groups is 1. The molecule has 0 radical (unpaired) electrons. The molecule has 1 aromatic rings. The number of nitro benzene ring substituents is 1. The molecule has 0 spiro atoms. The summed E-state index contributed by atoms with van der Waals surface area (Å²) in [4.78, 5) is 10.0. The Morgan fingerprint density at radius 3 is 2.71 bits per heavy atom. The molecule has 7 nitrogen and oxygen atoms in total. The third kappa shape index (κ3) is 3.58. The second-order valence-corrected chi connectivity index (χ2v) is 7.07. The van der Waals surface area contributed by atoms with Crippen molar-refractivity contribution in [3.63, 3.8) is 0 Å². The third-order valence-electron chi connectivity index (χ3n) is 3.73. The van der Waals surface area contributed by atoms with E-state index >= 15 is 0 Å². The largest absolute Gasteiger partial charge is 0.393 e. The second kappa shape index (κ2) is 6.08. The molecular weight excluding hydrogens is 296 g/mol. The minimum atomic E-state index is -3.94. The third-order valence-corrected chi connectivity index (χ3v) is 5.35. The van der Waals surface area contributed by atoms with Crippen LogP contribution < -0.4 is 4.72 Å². The number of hydrogen-bond donors (Lipinski definition) is 2. The summed E-state index contributed by atoms with van der Waals surface area (Å²) in [6.07, 6.45) is 1.58. The molecule has 1 fully saturated rings. The SMILES string of the molecule is Cc1cccc([N+](=O)[O-])c1S(=O)(=O)NCC1CCC(O)C1. The lowest BCUT2D eigenvalue weighted by Gasteiger charge is -2.13. The molecule has 2 rings (SSSR count). The van der Waals surface area contributed by atoms with Crippen molar-refractivity contribution < 1.29 is 18.4 Å². The molecule has 1 aliphatic rings. The van der Waals surface area contributed by atoms with E-state index in [1.165, 1.54) is 25.1 Å². The van der Waals surface area contributed by atoms with Crippen LogP contribution in [0.3, 0.4) is 0 Å². The lowest BCUT2D eigenvalue weighted by Crippen LogP contribution is -2.29. The summed E-state index contributed by atoms with van der Waals surface area (Å²) in [6, 6.07) is 4.17. The van der Waals surface area contributed by atoms with Gasteiger partial charge in [-0.05, 0) is 37.7 Å². The van der Waals surface area contributed by atoms with Crippen molar-refractivity contribution in [1.82, 2.24) is 4.72 Å². The number of rotatable bonds is 5. The summed E-state index contributed by atoms with van der Waals surface area (Å²) in [5.41, 5.74) is -0.0860. The van der Waals surface area contributed by atoms with Gasteiger partial charge in [0.25, 0.3) is 5.69 Å². The predicted molar refractivity (Wildman–Crippen MR) is 76.4 cm³/mol. The second-order valence-electron chi connectivity index (χ2n) is 5.37. The Morgan fingerprint density at radius 2 is 2.14 bits per heavy atom. The van der Waals surface area contributed by atoms with E-state index in [2.05, 4.69) is 4.72 Å². The highest BCUT2D eigenvalue weighted by molar-refractivity contribution is 7.89. The zero-order valence-electron chi connectivity index (χ0n) is 11.7. The van der Waals surface area contributed by atoms with Crippen LogP contribution in [0.5, 0.6) is 0 Å². The van der Waals surface area contributed by atoms with Gasteiger partial charge in [0.2, 0.25) is 10.0 Å². The van der Waals surface area contributed by atoms with Crippen molar-refractivity contribution >= 4 is 15.7 Å². The Labute approximate surface area is 123 Å². The number of nitro groups is 1. The first-order valence-corrected chi connectivity index (χ1v) is 8.21. The molecule has 0 saturated heterocycles. The number of nitrogens with one attached hydrogen (secondary N) is 1. The predicted octanol–water partition coefficient (Wildman–Crippen LogP) is 1.34. The molecular formula is C13H18N2O5S. The molecule has 21 heavy (non-hydrogen) atoms. The first kappa shape index (κ1) is 15.9. The van der Waals surface area contributed by atoms with E-state index in [1.807, 2.05) is 0 Å².